The van der Waals surface area contributed by atoms with Crippen molar-refractivity contribution >= 4 is 45.3 Å². The second-order valence-electron chi connectivity index (χ2n) is 13.2. The summed E-state index contributed by atoms with van der Waals surface area (Å²) in [5, 5.41) is 11.7. The van der Waals surface area contributed by atoms with Crippen LogP contribution in [-0.4, -0.2) is 70.1 Å². The van der Waals surface area contributed by atoms with Crippen molar-refractivity contribution in [2.45, 2.75) is 44.4 Å². The number of benzene rings is 3. The van der Waals surface area contributed by atoms with Crippen LogP contribution in [-0.2, 0) is 11.3 Å². The lowest BCUT2D eigenvalue weighted by Gasteiger charge is -2.22. The number of hydrogen-bond acceptors (Lipinski definition) is 7. The van der Waals surface area contributed by atoms with E-state index in [0.29, 0.717) is 35.7 Å². The number of carboxylic acid groups (broad SMARTS) is 1. The van der Waals surface area contributed by atoms with E-state index in [1.807, 2.05) is 48.8 Å². The molecule has 2 amide bonds. The van der Waals surface area contributed by atoms with Crippen LogP contribution in [0.25, 0.3) is 55.4 Å². The summed E-state index contributed by atoms with van der Waals surface area (Å²) in [5.41, 5.74) is 7.67. The maximum atomic E-state index is 13.0. The van der Waals surface area contributed by atoms with Crippen LogP contribution in [0.1, 0.15) is 55.0 Å². The molecule has 7 aromatic rings. The third-order valence-electron chi connectivity index (χ3n) is 10.0. The van der Waals surface area contributed by atoms with Crippen molar-refractivity contribution in [2.75, 3.05) is 13.1 Å². The van der Waals surface area contributed by atoms with Gasteiger partial charge in [-0.2, -0.15) is 0 Å². The number of H-pyrrole nitrogens is 2. The first kappa shape index (κ1) is 30.7. The van der Waals surface area contributed by atoms with Crippen molar-refractivity contribution in [1.82, 2.24) is 39.7 Å². The highest BCUT2D eigenvalue weighted by molar-refractivity contribution is 5.92. The molecule has 2 fully saturated rings. The number of aromatic nitrogens is 6. The highest BCUT2D eigenvalue weighted by Gasteiger charge is 2.34. The zero-order valence-electron chi connectivity index (χ0n) is 27.6. The van der Waals surface area contributed by atoms with Gasteiger partial charge in [0, 0.05) is 36.6 Å². The zero-order chi connectivity index (χ0) is 34.5. The molecule has 0 aliphatic carbocycles. The molecule has 9 rings (SSSR count). The second kappa shape index (κ2) is 12.5. The number of imidazole rings is 2. The lowest BCUT2D eigenvalue weighted by molar-refractivity contribution is 0.0910. The summed E-state index contributed by atoms with van der Waals surface area (Å²) in [6.07, 6.45) is 5.63. The van der Waals surface area contributed by atoms with Gasteiger partial charge in [0.15, 0.2) is 11.3 Å². The number of aromatic amines is 2. The van der Waals surface area contributed by atoms with Gasteiger partial charge in [-0.15, -0.1) is 0 Å². The number of ether oxygens (including phenoxy) is 1. The van der Waals surface area contributed by atoms with E-state index in [0.717, 1.165) is 75.6 Å². The number of likely N-dealkylation sites (tertiary alicyclic amines) is 2. The SMILES string of the molecule is O=C(O)N1CCC[C@H]1c1nc2cc(-c3ccc4cc(-c5cnc6nc([C@@H]7CCCN7C(=O)OCc7ccccc7)[nH]c6c5)ccc4c3)cnc2[nH]1. The van der Waals surface area contributed by atoms with Crippen LogP contribution in [0, 0.1) is 0 Å². The topological polar surface area (TPSA) is 153 Å². The van der Waals surface area contributed by atoms with Crippen molar-refractivity contribution in [3.05, 3.63) is 108 Å². The molecule has 2 atom stereocenters. The average Bonchev–Trinajstić information content (AvgIpc) is 3.98. The molecule has 0 spiro atoms. The van der Waals surface area contributed by atoms with E-state index in [1.54, 1.807) is 4.90 Å². The maximum Gasteiger partial charge on any atom is 0.410 e. The zero-order valence-corrected chi connectivity index (χ0v) is 27.6. The van der Waals surface area contributed by atoms with Gasteiger partial charge in [-0.3, -0.25) is 9.80 Å². The number of pyridine rings is 2. The number of carbonyl (C=O) groups is 2. The summed E-state index contributed by atoms with van der Waals surface area (Å²) >= 11 is 0. The molecule has 3 N–H and O–H groups in total. The number of nitrogens with zero attached hydrogens (tertiary/aromatic N) is 6. The lowest BCUT2D eigenvalue weighted by atomic mass is 9.99. The van der Waals surface area contributed by atoms with Gasteiger partial charge in [-0.05, 0) is 77.4 Å². The Hall–Kier alpha value is -6.30. The molecule has 2 aliphatic heterocycles. The first-order valence-electron chi connectivity index (χ1n) is 17.2. The fraction of sp³-hybridized carbons (Fsp3) is 0.231. The molecule has 254 valence electrons. The van der Waals surface area contributed by atoms with Gasteiger partial charge in [0.25, 0.3) is 0 Å². The summed E-state index contributed by atoms with van der Waals surface area (Å²) in [5.74, 6) is 1.36. The predicted octanol–water partition coefficient (Wildman–Crippen LogP) is 8.01. The van der Waals surface area contributed by atoms with E-state index in [-0.39, 0.29) is 24.8 Å². The lowest BCUT2D eigenvalue weighted by Crippen LogP contribution is -2.31. The summed E-state index contributed by atoms with van der Waals surface area (Å²) in [7, 11) is 0. The molecule has 2 saturated heterocycles. The summed E-state index contributed by atoms with van der Waals surface area (Å²) in [6.45, 7) is 1.37. The van der Waals surface area contributed by atoms with Gasteiger partial charge in [-0.1, -0.05) is 54.6 Å². The fourth-order valence-corrected chi connectivity index (χ4v) is 7.42. The van der Waals surface area contributed by atoms with E-state index >= 15 is 0 Å². The molecule has 4 aromatic heterocycles. The largest absolute Gasteiger partial charge is 0.465 e. The van der Waals surface area contributed by atoms with Crippen LogP contribution in [0.15, 0.2) is 91.3 Å². The molecule has 2 aliphatic rings. The van der Waals surface area contributed by atoms with E-state index in [9.17, 15) is 14.7 Å². The Morgan fingerprint density at radius 3 is 2.16 bits per heavy atom. The summed E-state index contributed by atoms with van der Waals surface area (Å²) < 4.78 is 5.63. The minimum Gasteiger partial charge on any atom is -0.465 e. The minimum atomic E-state index is -0.926. The van der Waals surface area contributed by atoms with Crippen LogP contribution in [0.2, 0.25) is 0 Å². The van der Waals surface area contributed by atoms with Crippen molar-refractivity contribution in [1.29, 1.82) is 0 Å². The Kier molecular flexibility index (Phi) is 7.56. The maximum absolute atomic E-state index is 13.0. The molecule has 3 aromatic carbocycles. The Morgan fingerprint density at radius 2 is 1.41 bits per heavy atom. The molecule has 0 bridgehead atoms. The van der Waals surface area contributed by atoms with Crippen molar-refractivity contribution in [3.63, 3.8) is 0 Å². The van der Waals surface area contributed by atoms with Crippen LogP contribution in [0.3, 0.4) is 0 Å². The number of nitrogens with one attached hydrogen (secondary N) is 2. The molecule has 0 radical (unpaired) electrons. The molecule has 12 heteroatoms. The van der Waals surface area contributed by atoms with Crippen molar-refractivity contribution in [3.8, 4) is 22.3 Å². The van der Waals surface area contributed by atoms with Gasteiger partial charge in [-0.25, -0.2) is 29.5 Å². The smallest absolute Gasteiger partial charge is 0.410 e. The first-order valence-corrected chi connectivity index (χ1v) is 17.2. The van der Waals surface area contributed by atoms with Crippen LogP contribution in [0.5, 0.6) is 0 Å². The normalized spacial score (nSPS) is 17.6. The molecular formula is C39H34N8O4. The predicted molar refractivity (Wildman–Crippen MR) is 192 cm³/mol. The summed E-state index contributed by atoms with van der Waals surface area (Å²) in [4.78, 5) is 53.3. The average molecular weight is 679 g/mol. The van der Waals surface area contributed by atoms with E-state index in [4.69, 9.17) is 14.7 Å². The van der Waals surface area contributed by atoms with Gasteiger partial charge in [0.2, 0.25) is 0 Å². The van der Waals surface area contributed by atoms with Crippen LogP contribution in [0.4, 0.5) is 9.59 Å². The van der Waals surface area contributed by atoms with Gasteiger partial charge in [0.05, 0.1) is 17.6 Å². The van der Waals surface area contributed by atoms with E-state index in [1.165, 1.54) is 4.90 Å². The van der Waals surface area contributed by atoms with Gasteiger partial charge in [0.1, 0.15) is 23.8 Å². The van der Waals surface area contributed by atoms with E-state index < -0.39 is 6.09 Å². The van der Waals surface area contributed by atoms with E-state index in [2.05, 4.69) is 62.4 Å². The fourth-order valence-electron chi connectivity index (χ4n) is 7.42. The third-order valence-corrected chi connectivity index (χ3v) is 10.0. The molecule has 0 saturated carbocycles. The van der Waals surface area contributed by atoms with Crippen LogP contribution < -0.4 is 0 Å². The molecule has 51 heavy (non-hydrogen) atoms. The number of fused-ring (bicyclic) bond motifs is 3. The van der Waals surface area contributed by atoms with Crippen LogP contribution >= 0.6 is 0 Å². The van der Waals surface area contributed by atoms with Crippen molar-refractivity contribution in [2.24, 2.45) is 0 Å². The third kappa shape index (κ3) is 5.78. The van der Waals surface area contributed by atoms with Gasteiger partial charge >= 0.3 is 12.2 Å². The van der Waals surface area contributed by atoms with Gasteiger partial charge < -0.3 is 19.8 Å². The van der Waals surface area contributed by atoms with Crippen molar-refractivity contribution < 1.29 is 19.4 Å². The number of carbonyl (C=O) groups excluding carboxylic acids is 1. The monoisotopic (exact) mass is 678 g/mol. The highest BCUT2D eigenvalue weighted by atomic mass is 16.6. The highest BCUT2D eigenvalue weighted by Crippen LogP contribution is 2.35. The quantitative estimate of drug-likeness (QED) is 0.160. The Morgan fingerprint density at radius 1 is 0.745 bits per heavy atom. The number of amides is 2. The molecule has 0 unspecified atom stereocenters. The molecular weight excluding hydrogens is 644 g/mol. The Bertz CT molecular complexity index is 2440. The standard InChI is InChI=1S/C39H34N8O4/c48-38(49)46-14-4-8-32(46)36-42-30-18-28(20-40-34(30)44-36)26-12-10-25-17-27(13-11-24(25)16-26)29-19-31-35(41-21-29)45-37(43-31)33-9-5-15-47(33)39(50)51-22-23-6-2-1-3-7-23/h1-3,6-7,10-13,16-21,32-33H,4-5,8-9,14-15,22H2,(H,48,49)(H,40,42,44)(H,41,43,45)/t32-,33-/m0/s1. The summed E-state index contributed by atoms with van der Waals surface area (Å²) in [6, 6.07) is 25.9. The second-order valence-corrected chi connectivity index (χ2v) is 13.2. The molecule has 12 nitrogen and oxygen atoms in total. The first-order chi connectivity index (χ1) is 25.0. The Balaban J connectivity index is 0.932. The molecule has 6 heterocycles. The minimum absolute atomic E-state index is 0.193. The Labute approximate surface area is 292 Å². The number of hydrogen-bond donors (Lipinski definition) is 3. The number of rotatable bonds is 6.